The first-order valence-corrected chi connectivity index (χ1v) is 11.1. The molecule has 0 atom stereocenters. The summed E-state index contributed by atoms with van der Waals surface area (Å²) in [5, 5.41) is 4.79. The summed E-state index contributed by atoms with van der Waals surface area (Å²) in [4.78, 5) is 12.9. The van der Waals surface area contributed by atoms with Crippen LogP contribution in [0.25, 0.3) is 0 Å². The van der Waals surface area contributed by atoms with E-state index in [1.54, 1.807) is 35.2 Å². The highest BCUT2D eigenvalue weighted by atomic mass is 32.2. The number of amides is 1. The average molecular weight is 383 g/mol. The van der Waals surface area contributed by atoms with Crippen molar-refractivity contribution in [2.24, 2.45) is 0 Å². The Morgan fingerprint density at radius 3 is 2.92 bits per heavy atom. The van der Waals surface area contributed by atoms with Gasteiger partial charge in [0.1, 0.15) is 0 Å². The van der Waals surface area contributed by atoms with Crippen molar-refractivity contribution in [1.82, 2.24) is 4.72 Å². The third-order valence-corrected chi connectivity index (χ3v) is 7.17. The largest absolute Gasteiger partial charge is 0.326 e. The van der Waals surface area contributed by atoms with Crippen LogP contribution in [0.5, 0.6) is 0 Å². The zero-order valence-corrected chi connectivity index (χ0v) is 15.4. The number of anilines is 1. The van der Waals surface area contributed by atoms with Gasteiger partial charge in [0.25, 0.3) is 0 Å². The van der Waals surface area contributed by atoms with E-state index in [9.17, 15) is 13.2 Å². The van der Waals surface area contributed by atoms with Crippen molar-refractivity contribution in [3.05, 3.63) is 46.2 Å². The van der Waals surface area contributed by atoms with Crippen LogP contribution >= 0.6 is 23.1 Å². The maximum Gasteiger partial charge on any atom is 0.240 e. The van der Waals surface area contributed by atoms with E-state index >= 15 is 0 Å². The molecule has 1 aromatic heterocycles. The summed E-state index contributed by atoms with van der Waals surface area (Å²) in [5.41, 5.74) is 1.57. The predicted octanol–water partition coefficient (Wildman–Crippen LogP) is 2.84. The number of hydrogen-bond donors (Lipinski definition) is 2. The zero-order valence-electron chi connectivity index (χ0n) is 12.9. The van der Waals surface area contributed by atoms with Gasteiger partial charge in [0.15, 0.2) is 0 Å². The lowest BCUT2D eigenvalue weighted by Crippen LogP contribution is -2.26. The van der Waals surface area contributed by atoms with Gasteiger partial charge in [-0.2, -0.15) is 11.8 Å². The van der Waals surface area contributed by atoms with Crippen molar-refractivity contribution in [2.75, 3.05) is 17.6 Å². The van der Waals surface area contributed by atoms with E-state index in [1.807, 2.05) is 11.4 Å². The van der Waals surface area contributed by atoms with Crippen molar-refractivity contribution in [3.8, 4) is 0 Å². The molecule has 1 aromatic carbocycles. The Hall–Kier alpha value is -1.35. The van der Waals surface area contributed by atoms with Crippen LogP contribution in [0, 0.1) is 0 Å². The van der Waals surface area contributed by atoms with E-state index in [0.717, 1.165) is 17.1 Å². The molecule has 5 nitrogen and oxygen atoms in total. The lowest BCUT2D eigenvalue weighted by Gasteiger charge is -2.17. The summed E-state index contributed by atoms with van der Waals surface area (Å²) < 4.78 is 27.4. The number of carbonyl (C=O) groups excluding carboxylic acids is 1. The Balaban J connectivity index is 1.54. The number of nitrogens with one attached hydrogen (secondary N) is 2. The fourth-order valence-electron chi connectivity index (χ4n) is 2.43. The number of carbonyl (C=O) groups is 1. The van der Waals surface area contributed by atoms with Crippen molar-refractivity contribution in [3.63, 3.8) is 0 Å². The topological polar surface area (TPSA) is 75.3 Å². The van der Waals surface area contributed by atoms with E-state index in [0.29, 0.717) is 25.1 Å². The Labute approximate surface area is 149 Å². The number of rotatable bonds is 7. The molecular formula is C16H18N2O3S3. The van der Waals surface area contributed by atoms with Gasteiger partial charge in [-0.3, -0.25) is 4.79 Å². The van der Waals surface area contributed by atoms with Gasteiger partial charge in [-0.1, -0.05) is 6.07 Å². The molecule has 0 bridgehead atoms. The van der Waals surface area contributed by atoms with Crippen LogP contribution in [0.3, 0.4) is 0 Å². The maximum atomic E-state index is 12.4. The highest BCUT2D eigenvalue weighted by Gasteiger charge is 2.19. The van der Waals surface area contributed by atoms with Crippen LogP contribution < -0.4 is 10.0 Å². The molecule has 1 aliphatic heterocycles. The number of aryl methyl sites for hydroxylation is 1. The molecular weight excluding hydrogens is 364 g/mol. The van der Waals surface area contributed by atoms with Gasteiger partial charge < -0.3 is 5.32 Å². The predicted molar refractivity (Wildman–Crippen MR) is 99.1 cm³/mol. The standard InChI is InChI=1S/C16H18N2O3S3/c19-16-6-3-12-10-14(4-5-15(12)18-16)24(20,21)17-7-9-22-11-13-2-1-8-23-13/h1-2,4-5,8,10,17H,3,6-7,9,11H2,(H,18,19). The lowest BCUT2D eigenvalue weighted by molar-refractivity contribution is -0.116. The smallest absolute Gasteiger partial charge is 0.240 e. The minimum atomic E-state index is -3.51. The first-order chi connectivity index (χ1) is 11.5. The summed E-state index contributed by atoms with van der Waals surface area (Å²) >= 11 is 3.41. The highest BCUT2D eigenvalue weighted by Crippen LogP contribution is 2.25. The highest BCUT2D eigenvalue weighted by molar-refractivity contribution is 7.98. The monoisotopic (exact) mass is 382 g/mol. The molecule has 128 valence electrons. The molecule has 0 spiro atoms. The summed E-state index contributed by atoms with van der Waals surface area (Å²) in [5.74, 6) is 1.59. The molecule has 1 amide bonds. The van der Waals surface area contributed by atoms with Gasteiger partial charge in [0.2, 0.25) is 15.9 Å². The normalized spacial score (nSPS) is 14.2. The fourth-order valence-corrected chi connectivity index (χ4v) is 5.34. The van der Waals surface area contributed by atoms with Crippen LogP contribution in [-0.2, 0) is 27.0 Å². The minimum Gasteiger partial charge on any atom is -0.326 e. The number of fused-ring (bicyclic) bond motifs is 1. The van der Waals surface area contributed by atoms with Crippen LogP contribution in [0.4, 0.5) is 5.69 Å². The van der Waals surface area contributed by atoms with Crippen molar-refractivity contribution in [1.29, 1.82) is 0 Å². The first kappa shape index (κ1) is 17.5. The molecule has 0 radical (unpaired) electrons. The van der Waals surface area contributed by atoms with Gasteiger partial charge in [-0.05, 0) is 41.6 Å². The lowest BCUT2D eigenvalue weighted by atomic mass is 10.0. The fraction of sp³-hybridized carbons (Fsp3) is 0.312. The molecule has 0 aliphatic carbocycles. The van der Waals surface area contributed by atoms with Crippen LogP contribution in [0.2, 0.25) is 0 Å². The molecule has 1 aliphatic rings. The quantitative estimate of drug-likeness (QED) is 0.722. The molecule has 3 rings (SSSR count). The van der Waals surface area contributed by atoms with Gasteiger partial charge in [0.05, 0.1) is 4.90 Å². The Morgan fingerprint density at radius 1 is 1.25 bits per heavy atom. The molecule has 0 saturated heterocycles. The Bertz CT molecular complexity index is 817. The van der Waals surface area contributed by atoms with Crippen LogP contribution in [0.1, 0.15) is 16.9 Å². The molecule has 2 N–H and O–H groups in total. The second-order valence-electron chi connectivity index (χ2n) is 5.40. The van der Waals surface area contributed by atoms with E-state index in [2.05, 4.69) is 16.1 Å². The van der Waals surface area contributed by atoms with Gasteiger partial charge in [-0.25, -0.2) is 13.1 Å². The third-order valence-electron chi connectivity index (χ3n) is 3.65. The second kappa shape index (κ2) is 7.69. The molecule has 2 aromatic rings. The zero-order chi connectivity index (χ0) is 17.0. The molecule has 0 unspecified atom stereocenters. The number of thiophene rings is 1. The van der Waals surface area contributed by atoms with Crippen LogP contribution in [0.15, 0.2) is 40.6 Å². The summed E-state index contributed by atoms with van der Waals surface area (Å²) in [6, 6.07) is 8.93. The summed E-state index contributed by atoms with van der Waals surface area (Å²) in [6.07, 6.45) is 0.963. The van der Waals surface area contributed by atoms with Crippen molar-refractivity contribution in [2.45, 2.75) is 23.5 Å². The van der Waals surface area contributed by atoms with E-state index < -0.39 is 10.0 Å². The minimum absolute atomic E-state index is 0.0287. The van der Waals surface area contributed by atoms with Gasteiger partial charge in [0, 0.05) is 35.0 Å². The van der Waals surface area contributed by atoms with Crippen LogP contribution in [-0.4, -0.2) is 26.6 Å². The van der Waals surface area contributed by atoms with Gasteiger partial charge >= 0.3 is 0 Å². The Kier molecular flexibility index (Phi) is 5.60. The average Bonchev–Trinajstić information content (AvgIpc) is 3.07. The Morgan fingerprint density at radius 2 is 2.12 bits per heavy atom. The molecule has 2 heterocycles. The molecule has 0 saturated carbocycles. The molecule has 8 heteroatoms. The number of benzene rings is 1. The number of thioether (sulfide) groups is 1. The molecule has 24 heavy (non-hydrogen) atoms. The third kappa shape index (κ3) is 4.38. The van der Waals surface area contributed by atoms with E-state index in [-0.39, 0.29) is 10.8 Å². The van der Waals surface area contributed by atoms with Gasteiger partial charge in [-0.15, -0.1) is 11.3 Å². The second-order valence-corrected chi connectivity index (χ2v) is 9.30. The summed E-state index contributed by atoms with van der Waals surface area (Å²) in [7, 11) is -3.51. The number of sulfonamides is 1. The SMILES string of the molecule is O=C1CCc2cc(S(=O)(=O)NCCSCc3cccs3)ccc2N1. The van der Waals surface area contributed by atoms with E-state index in [1.165, 1.54) is 10.9 Å². The summed E-state index contributed by atoms with van der Waals surface area (Å²) in [6.45, 7) is 0.395. The van der Waals surface area contributed by atoms with Crippen molar-refractivity contribution < 1.29 is 13.2 Å². The first-order valence-electron chi connectivity index (χ1n) is 7.57. The maximum absolute atomic E-state index is 12.4. The molecule has 0 fully saturated rings. The van der Waals surface area contributed by atoms with E-state index in [4.69, 9.17) is 0 Å². The van der Waals surface area contributed by atoms with Crippen molar-refractivity contribution >= 4 is 44.7 Å². The number of hydrogen-bond acceptors (Lipinski definition) is 5.